The first-order valence-corrected chi connectivity index (χ1v) is 9.76. The summed E-state index contributed by atoms with van der Waals surface area (Å²) in [6.07, 6.45) is -0.0818. The van der Waals surface area contributed by atoms with Crippen LogP contribution in [-0.2, 0) is 6.54 Å². The Morgan fingerprint density at radius 1 is 1.21 bits per heavy atom. The number of methoxy groups -OCH3 is 2. The number of likely N-dealkylation sites (N-methyl/N-ethyl adjacent to an activating group) is 2. The predicted octanol–water partition coefficient (Wildman–Crippen LogP) is 3.13. The van der Waals surface area contributed by atoms with Crippen LogP contribution in [0.1, 0.15) is 12.5 Å². The summed E-state index contributed by atoms with van der Waals surface area (Å²) in [4.78, 5) is 16.5. The summed E-state index contributed by atoms with van der Waals surface area (Å²) in [5.74, 6) is 2.17. The fourth-order valence-electron chi connectivity index (χ4n) is 3.47. The molecule has 1 N–H and O–H groups in total. The fourth-order valence-corrected chi connectivity index (χ4v) is 3.47. The molecule has 0 aliphatic carbocycles. The lowest BCUT2D eigenvalue weighted by molar-refractivity contribution is 0.145. The molecule has 1 heterocycles. The van der Waals surface area contributed by atoms with Crippen LogP contribution in [0.5, 0.6) is 17.2 Å². The molecule has 1 aliphatic heterocycles. The minimum atomic E-state index is -0.148. The van der Waals surface area contributed by atoms with E-state index in [1.807, 2.05) is 36.4 Å². The molecule has 0 aromatic heterocycles. The van der Waals surface area contributed by atoms with Gasteiger partial charge in [-0.25, -0.2) is 4.79 Å². The maximum atomic E-state index is 12.6. The largest absolute Gasteiger partial charge is 0.493 e. The lowest BCUT2D eigenvalue weighted by atomic mass is 10.2. The number of ether oxygens (including phenoxy) is 3. The molecular formula is C22H29N3O4. The number of hydrogen-bond donors (Lipinski definition) is 1. The Bertz CT molecular complexity index is 843. The van der Waals surface area contributed by atoms with E-state index < -0.39 is 0 Å². The zero-order valence-corrected chi connectivity index (χ0v) is 17.5. The van der Waals surface area contributed by atoms with Crippen molar-refractivity contribution in [2.45, 2.75) is 19.6 Å². The second-order valence-corrected chi connectivity index (χ2v) is 6.97. The fraction of sp³-hybridized carbons (Fsp3) is 0.409. The van der Waals surface area contributed by atoms with Gasteiger partial charge in [-0.05, 0) is 36.8 Å². The number of fused-ring (bicyclic) bond motifs is 1. The average molecular weight is 399 g/mol. The van der Waals surface area contributed by atoms with Crippen LogP contribution in [0.2, 0.25) is 0 Å². The first-order valence-electron chi connectivity index (χ1n) is 9.76. The molecule has 0 unspecified atom stereocenters. The number of anilines is 1. The first-order chi connectivity index (χ1) is 14.0. The van der Waals surface area contributed by atoms with Gasteiger partial charge >= 0.3 is 6.03 Å². The van der Waals surface area contributed by atoms with Gasteiger partial charge in [-0.2, -0.15) is 0 Å². The lowest BCUT2D eigenvalue weighted by Crippen LogP contribution is -2.48. The highest BCUT2D eigenvalue weighted by atomic mass is 16.5. The Balaban J connectivity index is 1.56. The molecule has 0 bridgehead atoms. The highest BCUT2D eigenvalue weighted by molar-refractivity contribution is 5.74. The molecule has 29 heavy (non-hydrogen) atoms. The molecule has 156 valence electrons. The summed E-state index contributed by atoms with van der Waals surface area (Å²) in [7, 11) is 4.97. The van der Waals surface area contributed by atoms with Crippen molar-refractivity contribution in [3.05, 3.63) is 48.0 Å². The number of nitrogens with zero attached hydrogens (tertiary/aromatic N) is 2. The molecule has 2 aromatic rings. The Labute approximate surface area is 172 Å². The first kappa shape index (κ1) is 20.6. The van der Waals surface area contributed by atoms with Crippen molar-refractivity contribution in [1.29, 1.82) is 0 Å². The van der Waals surface area contributed by atoms with Gasteiger partial charge in [-0.15, -0.1) is 0 Å². The molecule has 0 saturated carbocycles. The number of carbonyl (C=O) groups is 1. The summed E-state index contributed by atoms with van der Waals surface area (Å²) < 4.78 is 16.7. The minimum absolute atomic E-state index is 0.0818. The SMILES string of the molecule is CCN1C[C@H](CN(C)C(=O)NCc2ccc(OC)c(OC)c2)Oc2ccccc21. The topological polar surface area (TPSA) is 63.3 Å². The molecule has 0 radical (unpaired) electrons. The molecule has 2 amide bonds. The maximum Gasteiger partial charge on any atom is 0.317 e. The van der Waals surface area contributed by atoms with Crippen LogP contribution < -0.4 is 24.4 Å². The number of rotatable bonds is 7. The van der Waals surface area contributed by atoms with E-state index in [1.54, 1.807) is 26.2 Å². The lowest BCUT2D eigenvalue weighted by Gasteiger charge is -2.37. The van der Waals surface area contributed by atoms with Gasteiger partial charge in [-0.1, -0.05) is 18.2 Å². The maximum absolute atomic E-state index is 12.6. The number of urea groups is 1. The number of benzene rings is 2. The quantitative estimate of drug-likeness (QED) is 0.775. The molecular weight excluding hydrogens is 370 g/mol. The zero-order chi connectivity index (χ0) is 20.8. The number of nitrogens with one attached hydrogen (secondary N) is 1. The van der Waals surface area contributed by atoms with Gasteiger partial charge in [0.15, 0.2) is 11.5 Å². The van der Waals surface area contributed by atoms with E-state index >= 15 is 0 Å². The zero-order valence-electron chi connectivity index (χ0n) is 17.5. The second-order valence-electron chi connectivity index (χ2n) is 6.97. The Morgan fingerprint density at radius 3 is 2.69 bits per heavy atom. The molecule has 1 atom stereocenters. The van der Waals surface area contributed by atoms with E-state index in [0.717, 1.165) is 30.1 Å². The Hall–Kier alpha value is -3.09. The molecule has 3 rings (SSSR count). The van der Waals surface area contributed by atoms with Crippen LogP contribution >= 0.6 is 0 Å². The van der Waals surface area contributed by atoms with Crippen LogP contribution in [0.15, 0.2) is 42.5 Å². The van der Waals surface area contributed by atoms with E-state index in [-0.39, 0.29) is 12.1 Å². The van der Waals surface area contributed by atoms with Gasteiger partial charge in [-0.3, -0.25) is 0 Å². The molecule has 7 heteroatoms. The number of carbonyl (C=O) groups excluding carboxylic acids is 1. The Kier molecular flexibility index (Phi) is 6.69. The predicted molar refractivity (Wildman–Crippen MR) is 113 cm³/mol. The molecule has 0 spiro atoms. The monoisotopic (exact) mass is 399 g/mol. The smallest absolute Gasteiger partial charge is 0.317 e. The van der Waals surface area contributed by atoms with Gasteiger partial charge in [0.25, 0.3) is 0 Å². The van der Waals surface area contributed by atoms with Crippen LogP contribution in [0, 0.1) is 0 Å². The highest BCUT2D eigenvalue weighted by Crippen LogP contribution is 2.33. The summed E-state index contributed by atoms with van der Waals surface area (Å²) >= 11 is 0. The van der Waals surface area contributed by atoms with Gasteiger partial charge in [0.1, 0.15) is 11.9 Å². The number of amides is 2. The normalized spacial score (nSPS) is 15.2. The van der Waals surface area contributed by atoms with Gasteiger partial charge in [0.2, 0.25) is 0 Å². The van der Waals surface area contributed by atoms with Gasteiger partial charge < -0.3 is 29.3 Å². The van der Waals surface area contributed by atoms with Gasteiger partial charge in [0, 0.05) is 20.1 Å². The third-order valence-electron chi connectivity index (χ3n) is 5.02. The van der Waals surface area contributed by atoms with Crippen molar-refractivity contribution in [1.82, 2.24) is 10.2 Å². The standard InChI is InChI=1S/C22H29N3O4/c1-5-25-15-17(29-19-9-7-6-8-18(19)25)14-24(2)22(26)23-13-16-10-11-20(27-3)21(12-16)28-4/h6-12,17H,5,13-15H2,1-4H3,(H,23,26)/t17-/m0/s1. The summed E-state index contributed by atoms with van der Waals surface area (Å²) in [6.45, 7) is 4.67. The van der Waals surface area contributed by atoms with E-state index in [9.17, 15) is 4.79 Å². The average Bonchev–Trinajstić information content (AvgIpc) is 2.76. The van der Waals surface area contributed by atoms with Gasteiger partial charge in [0.05, 0.1) is 33.0 Å². The molecule has 0 saturated heterocycles. The van der Waals surface area contributed by atoms with Crippen molar-refractivity contribution in [3.63, 3.8) is 0 Å². The summed E-state index contributed by atoms with van der Waals surface area (Å²) in [5, 5.41) is 2.94. The van der Waals surface area contributed by atoms with E-state index in [4.69, 9.17) is 14.2 Å². The van der Waals surface area contributed by atoms with Crippen molar-refractivity contribution in [3.8, 4) is 17.2 Å². The van der Waals surface area contributed by atoms with Crippen molar-refractivity contribution >= 4 is 11.7 Å². The van der Waals surface area contributed by atoms with E-state index in [0.29, 0.717) is 24.6 Å². The van der Waals surface area contributed by atoms with Crippen molar-refractivity contribution < 1.29 is 19.0 Å². The molecule has 2 aromatic carbocycles. The van der Waals surface area contributed by atoms with E-state index in [2.05, 4.69) is 23.2 Å². The molecule has 0 fully saturated rings. The van der Waals surface area contributed by atoms with Crippen LogP contribution in [0.3, 0.4) is 0 Å². The number of para-hydroxylation sites is 2. The van der Waals surface area contributed by atoms with Crippen LogP contribution in [-0.4, -0.2) is 57.9 Å². The Morgan fingerprint density at radius 2 is 1.97 bits per heavy atom. The second kappa shape index (κ2) is 9.41. The molecule has 1 aliphatic rings. The third kappa shape index (κ3) is 4.85. The van der Waals surface area contributed by atoms with Crippen molar-refractivity contribution in [2.24, 2.45) is 0 Å². The summed E-state index contributed by atoms with van der Waals surface area (Å²) in [6, 6.07) is 13.5. The van der Waals surface area contributed by atoms with Crippen LogP contribution in [0.25, 0.3) is 0 Å². The summed E-state index contributed by atoms with van der Waals surface area (Å²) in [5.41, 5.74) is 2.04. The third-order valence-corrected chi connectivity index (χ3v) is 5.02. The highest BCUT2D eigenvalue weighted by Gasteiger charge is 2.26. The number of hydrogen-bond acceptors (Lipinski definition) is 5. The van der Waals surface area contributed by atoms with Crippen molar-refractivity contribution in [2.75, 3.05) is 45.8 Å². The van der Waals surface area contributed by atoms with Crippen LogP contribution in [0.4, 0.5) is 10.5 Å². The molecule has 7 nitrogen and oxygen atoms in total. The minimum Gasteiger partial charge on any atom is -0.493 e. The van der Waals surface area contributed by atoms with E-state index in [1.165, 1.54) is 0 Å².